The Labute approximate surface area is 91.7 Å². The van der Waals surface area contributed by atoms with E-state index in [1.54, 1.807) is 0 Å². The topological polar surface area (TPSA) is 31.2 Å². The fourth-order valence-electron chi connectivity index (χ4n) is 1.37. The minimum Gasteiger partial charge on any atom is -0.272 e. The molecule has 0 aliphatic heterocycles. The lowest BCUT2D eigenvalue weighted by Crippen LogP contribution is -2.38. The molecular formula is C13H18NO. The Morgan fingerprint density at radius 1 is 1.20 bits per heavy atom. The fourth-order valence-corrected chi connectivity index (χ4v) is 1.37. The van der Waals surface area contributed by atoms with Crippen LogP contribution in [0.4, 0.5) is 0 Å². The van der Waals surface area contributed by atoms with Crippen LogP contribution in [-0.4, -0.2) is 11.9 Å². The number of hydrogen-bond donors (Lipinski definition) is 0. The maximum absolute atomic E-state index is 11.9. The SMILES string of the molecule is CC(C)[N]C(=O)C(C)(C)c1ccccc1. The Balaban J connectivity index is 2.88. The molecule has 2 heteroatoms. The van der Waals surface area contributed by atoms with E-state index in [1.165, 1.54) is 0 Å². The van der Waals surface area contributed by atoms with Crippen LogP contribution in [0.1, 0.15) is 33.3 Å². The molecule has 0 atom stereocenters. The van der Waals surface area contributed by atoms with Gasteiger partial charge in [-0.3, -0.25) is 4.79 Å². The van der Waals surface area contributed by atoms with Gasteiger partial charge in [-0.1, -0.05) is 30.3 Å². The Bertz CT molecular complexity index is 328. The lowest BCUT2D eigenvalue weighted by molar-refractivity contribution is -0.126. The van der Waals surface area contributed by atoms with E-state index >= 15 is 0 Å². The van der Waals surface area contributed by atoms with Crippen LogP contribution < -0.4 is 5.32 Å². The zero-order chi connectivity index (χ0) is 11.5. The van der Waals surface area contributed by atoms with Crippen molar-refractivity contribution < 1.29 is 4.79 Å². The molecule has 0 aromatic heterocycles. The summed E-state index contributed by atoms with van der Waals surface area (Å²) in [4.78, 5) is 11.9. The van der Waals surface area contributed by atoms with Crippen LogP contribution in [0.5, 0.6) is 0 Å². The summed E-state index contributed by atoms with van der Waals surface area (Å²) in [6.45, 7) is 7.66. The number of carbonyl (C=O) groups excluding carboxylic acids is 1. The lowest BCUT2D eigenvalue weighted by atomic mass is 9.83. The molecule has 2 nitrogen and oxygen atoms in total. The highest BCUT2D eigenvalue weighted by Crippen LogP contribution is 2.23. The third-order valence-corrected chi connectivity index (χ3v) is 2.41. The molecule has 0 bridgehead atoms. The third-order valence-electron chi connectivity index (χ3n) is 2.41. The van der Waals surface area contributed by atoms with Gasteiger partial charge in [-0.05, 0) is 33.3 Å². The van der Waals surface area contributed by atoms with Gasteiger partial charge in [0.1, 0.15) is 0 Å². The highest BCUT2D eigenvalue weighted by molar-refractivity contribution is 5.87. The van der Waals surface area contributed by atoms with E-state index in [9.17, 15) is 4.79 Å². The predicted molar refractivity (Wildman–Crippen MR) is 61.7 cm³/mol. The first-order valence-electron chi connectivity index (χ1n) is 5.25. The minimum atomic E-state index is -0.522. The summed E-state index contributed by atoms with van der Waals surface area (Å²) in [6, 6.07) is 9.82. The van der Waals surface area contributed by atoms with Crippen LogP contribution in [0.2, 0.25) is 0 Å². The zero-order valence-electron chi connectivity index (χ0n) is 9.82. The number of rotatable bonds is 3. The van der Waals surface area contributed by atoms with Crippen LogP contribution in [-0.2, 0) is 10.2 Å². The molecule has 1 aromatic rings. The van der Waals surface area contributed by atoms with Crippen LogP contribution in [0.3, 0.4) is 0 Å². The van der Waals surface area contributed by atoms with Crippen molar-refractivity contribution in [3.63, 3.8) is 0 Å². The minimum absolute atomic E-state index is 0.0521. The molecule has 15 heavy (non-hydrogen) atoms. The van der Waals surface area contributed by atoms with Gasteiger partial charge in [0.25, 0.3) is 5.91 Å². The predicted octanol–water partition coefficient (Wildman–Crippen LogP) is 2.50. The third kappa shape index (κ3) is 2.82. The van der Waals surface area contributed by atoms with Gasteiger partial charge in [-0.15, -0.1) is 0 Å². The van der Waals surface area contributed by atoms with Crippen molar-refractivity contribution in [2.75, 3.05) is 0 Å². The number of nitrogens with zero attached hydrogens (tertiary/aromatic N) is 1. The van der Waals surface area contributed by atoms with E-state index in [1.807, 2.05) is 58.0 Å². The molecule has 1 radical (unpaired) electrons. The average molecular weight is 204 g/mol. The molecule has 0 saturated carbocycles. The number of carbonyl (C=O) groups is 1. The maximum Gasteiger partial charge on any atom is 0.251 e. The van der Waals surface area contributed by atoms with Gasteiger partial charge >= 0.3 is 0 Å². The zero-order valence-corrected chi connectivity index (χ0v) is 9.82. The van der Waals surface area contributed by atoms with Gasteiger partial charge in [0.2, 0.25) is 0 Å². The molecule has 0 aliphatic carbocycles. The summed E-state index contributed by atoms with van der Waals surface area (Å²) in [5.74, 6) is -0.0521. The van der Waals surface area contributed by atoms with Crippen molar-refractivity contribution in [2.45, 2.75) is 39.2 Å². The highest BCUT2D eigenvalue weighted by Gasteiger charge is 2.30. The van der Waals surface area contributed by atoms with Gasteiger partial charge in [-0.25, -0.2) is 5.32 Å². The molecule has 1 aromatic carbocycles. The summed E-state index contributed by atoms with van der Waals surface area (Å²) in [7, 11) is 0. The van der Waals surface area contributed by atoms with Crippen LogP contribution in [0.15, 0.2) is 30.3 Å². The number of hydrogen-bond acceptors (Lipinski definition) is 1. The summed E-state index contributed by atoms with van der Waals surface area (Å²) in [5.41, 5.74) is 0.491. The molecule has 1 amide bonds. The smallest absolute Gasteiger partial charge is 0.251 e. The maximum atomic E-state index is 11.9. The first-order valence-corrected chi connectivity index (χ1v) is 5.25. The van der Waals surface area contributed by atoms with E-state index < -0.39 is 5.41 Å². The normalized spacial score (nSPS) is 11.5. The standard InChI is InChI=1S/C13H18NO/c1-10(2)14-12(15)13(3,4)11-8-6-5-7-9-11/h5-10H,1-4H3. The molecule has 0 saturated heterocycles. The van der Waals surface area contributed by atoms with E-state index in [0.29, 0.717) is 0 Å². The first kappa shape index (κ1) is 11.8. The summed E-state index contributed by atoms with van der Waals surface area (Å²) in [6.07, 6.45) is 0. The molecule has 0 unspecified atom stereocenters. The van der Waals surface area contributed by atoms with E-state index in [-0.39, 0.29) is 11.9 Å². The van der Waals surface area contributed by atoms with Crippen molar-refractivity contribution in [1.82, 2.24) is 5.32 Å². The van der Waals surface area contributed by atoms with E-state index in [2.05, 4.69) is 5.32 Å². The lowest BCUT2D eigenvalue weighted by Gasteiger charge is -2.23. The Kier molecular flexibility index (Phi) is 3.51. The van der Waals surface area contributed by atoms with Gasteiger partial charge in [-0.2, -0.15) is 0 Å². The second kappa shape index (κ2) is 4.47. The van der Waals surface area contributed by atoms with E-state index in [4.69, 9.17) is 0 Å². The van der Waals surface area contributed by atoms with Crippen LogP contribution in [0, 0.1) is 0 Å². The van der Waals surface area contributed by atoms with E-state index in [0.717, 1.165) is 5.56 Å². The second-order valence-corrected chi connectivity index (χ2v) is 4.52. The quantitative estimate of drug-likeness (QED) is 0.744. The highest BCUT2D eigenvalue weighted by atomic mass is 16.2. The Hall–Kier alpha value is -1.31. The first-order chi connectivity index (χ1) is 6.94. The van der Waals surface area contributed by atoms with Crippen molar-refractivity contribution in [3.8, 4) is 0 Å². The molecule has 1 rings (SSSR count). The van der Waals surface area contributed by atoms with Gasteiger partial charge < -0.3 is 0 Å². The van der Waals surface area contributed by atoms with Crippen LogP contribution in [0.25, 0.3) is 0 Å². The van der Waals surface area contributed by atoms with Gasteiger partial charge in [0, 0.05) is 6.04 Å². The summed E-state index contributed by atoms with van der Waals surface area (Å²) < 4.78 is 0. The number of benzene rings is 1. The van der Waals surface area contributed by atoms with Crippen molar-refractivity contribution in [1.29, 1.82) is 0 Å². The van der Waals surface area contributed by atoms with Crippen molar-refractivity contribution in [2.24, 2.45) is 0 Å². The van der Waals surface area contributed by atoms with Crippen molar-refractivity contribution in [3.05, 3.63) is 35.9 Å². The molecule has 0 fully saturated rings. The summed E-state index contributed by atoms with van der Waals surface area (Å²) in [5, 5.41) is 4.09. The Morgan fingerprint density at radius 2 is 1.73 bits per heavy atom. The summed E-state index contributed by atoms with van der Waals surface area (Å²) >= 11 is 0. The molecular weight excluding hydrogens is 186 g/mol. The molecule has 0 heterocycles. The molecule has 0 N–H and O–H groups in total. The Morgan fingerprint density at radius 3 is 2.20 bits per heavy atom. The average Bonchev–Trinajstić information content (AvgIpc) is 2.18. The second-order valence-electron chi connectivity index (χ2n) is 4.52. The van der Waals surface area contributed by atoms with Crippen molar-refractivity contribution >= 4 is 5.91 Å². The molecule has 81 valence electrons. The molecule has 0 aliphatic rings. The monoisotopic (exact) mass is 204 g/mol. The molecule has 0 spiro atoms. The van der Waals surface area contributed by atoms with Gasteiger partial charge in [0.05, 0.1) is 5.41 Å². The van der Waals surface area contributed by atoms with Gasteiger partial charge in [0.15, 0.2) is 0 Å². The number of amides is 1. The largest absolute Gasteiger partial charge is 0.272 e. The van der Waals surface area contributed by atoms with Crippen LogP contribution >= 0.6 is 0 Å². The fraction of sp³-hybridized carbons (Fsp3) is 0.462.